The molecule has 1 aromatic rings. The molecule has 0 saturated carbocycles. The van der Waals surface area contributed by atoms with E-state index in [2.05, 4.69) is 4.98 Å². The van der Waals surface area contributed by atoms with Crippen LogP contribution in [-0.2, 0) is 14.8 Å². The summed E-state index contributed by atoms with van der Waals surface area (Å²) in [5.41, 5.74) is 0. The van der Waals surface area contributed by atoms with Crippen LogP contribution < -0.4 is 0 Å². The highest BCUT2D eigenvalue weighted by Gasteiger charge is 2.41. The van der Waals surface area contributed by atoms with Crippen molar-refractivity contribution < 1.29 is 23.2 Å². The number of aromatic nitrogens is 1. The number of aliphatic carboxylic acids is 1. The first-order valence-electron chi connectivity index (χ1n) is 6.07. The van der Waals surface area contributed by atoms with Crippen LogP contribution in [0, 0.1) is 22.0 Å². The van der Waals surface area contributed by atoms with E-state index in [1.165, 1.54) is 0 Å². The standard InChI is InChI=1S/C11H13N3O6S/c1-7-5-13(6-9(7)11(15)16)21(19,20)8-2-3-10(12-4-8)14(17)18/h2-4,7,9H,5-6H2,1H3,(H,15,16). The highest BCUT2D eigenvalue weighted by atomic mass is 32.2. The third kappa shape index (κ3) is 2.85. The number of pyridine rings is 1. The molecular formula is C11H13N3O6S. The fourth-order valence-electron chi connectivity index (χ4n) is 2.22. The SMILES string of the molecule is CC1CN(S(=O)(=O)c2ccc([N+](=O)[O-])nc2)CC1C(=O)O. The molecule has 0 radical (unpaired) electrons. The monoisotopic (exact) mass is 315 g/mol. The Morgan fingerprint density at radius 3 is 2.57 bits per heavy atom. The first-order valence-corrected chi connectivity index (χ1v) is 7.51. The maximum Gasteiger partial charge on any atom is 0.363 e. The minimum absolute atomic E-state index is 0.0935. The first kappa shape index (κ1) is 15.3. The van der Waals surface area contributed by atoms with Gasteiger partial charge in [0.05, 0.1) is 5.92 Å². The lowest BCUT2D eigenvalue weighted by Crippen LogP contribution is -2.30. The topological polar surface area (TPSA) is 131 Å². The van der Waals surface area contributed by atoms with Crippen LogP contribution in [0.5, 0.6) is 0 Å². The van der Waals surface area contributed by atoms with Crippen LogP contribution in [0.1, 0.15) is 6.92 Å². The van der Waals surface area contributed by atoms with E-state index >= 15 is 0 Å². The molecule has 1 aromatic heterocycles. The van der Waals surface area contributed by atoms with E-state index < -0.39 is 32.7 Å². The number of carbonyl (C=O) groups is 1. The third-order valence-corrected chi connectivity index (χ3v) is 5.26. The molecule has 0 aliphatic carbocycles. The van der Waals surface area contributed by atoms with Gasteiger partial charge in [-0.25, -0.2) is 8.42 Å². The van der Waals surface area contributed by atoms with Crippen LogP contribution in [-0.4, -0.2) is 46.8 Å². The molecule has 1 aliphatic rings. The number of carboxylic acid groups (broad SMARTS) is 1. The largest absolute Gasteiger partial charge is 0.481 e. The summed E-state index contributed by atoms with van der Waals surface area (Å²) >= 11 is 0. The molecule has 2 heterocycles. The van der Waals surface area contributed by atoms with E-state index in [9.17, 15) is 23.3 Å². The van der Waals surface area contributed by atoms with Gasteiger partial charge in [0.2, 0.25) is 10.0 Å². The Labute approximate surface area is 120 Å². The Balaban J connectivity index is 2.27. The third-order valence-electron chi connectivity index (χ3n) is 3.44. The number of sulfonamides is 1. The van der Waals surface area contributed by atoms with Gasteiger partial charge in [-0.1, -0.05) is 6.92 Å². The maximum absolute atomic E-state index is 12.4. The summed E-state index contributed by atoms with van der Waals surface area (Å²) in [7, 11) is -3.90. The second kappa shape index (κ2) is 5.37. The summed E-state index contributed by atoms with van der Waals surface area (Å²) in [5.74, 6) is -2.55. The molecular weight excluding hydrogens is 302 g/mol. The van der Waals surface area contributed by atoms with E-state index in [0.717, 1.165) is 22.6 Å². The van der Waals surface area contributed by atoms with Gasteiger partial charge < -0.3 is 15.2 Å². The average Bonchev–Trinajstić information content (AvgIpc) is 2.82. The summed E-state index contributed by atoms with van der Waals surface area (Å²) < 4.78 is 25.8. The number of hydrogen-bond donors (Lipinski definition) is 1. The lowest BCUT2D eigenvalue weighted by Gasteiger charge is -2.14. The number of carboxylic acids is 1. The van der Waals surface area contributed by atoms with Gasteiger partial charge in [0, 0.05) is 19.2 Å². The Morgan fingerprint density at radius 1 is 1.48 bits per heavy atom. The minimum Gasteiger partial charge on any atom is -0.481 e. The predicted octanol–water partition coefficient (Wildman–Crippen LogP) is 0.331. The van der Waals surface area contributed by atoms with Gasteiger partial charge in [-0.3, -0.25) is 4.79 Å². The molecule has 2 atom stereocenters. The molecule has 1 aliphatic heterocycles. The summed E-state index contributed by atoms with van der Waals surface area (Å²) in [6.07, 6.45) is 0.909. The smallest absolute Gasteiger partial charge is 0.363 e. The summed E-state index contributed by atoms with van der Waals surface area (Å²) in [6, 6.07) is 2.10. The summed E-state index contributed by atoms with van der Waals surface area (Å²) in [6.45, 7) is 1.65. The van der Waals surface area contributed by atoms with Crippen LogP contribution in [0.15, 0.2) is 23.2 Å². The molecule has 21 heavy (non-hydrogen) atoms. The lowest BCUT2D eigenvalue weighted by molar-refractivity contribution is -0.389. The van der Waals surface area contributed by atoms with Crippen LogP contribution >= 0.6 is 0 Å². The molecule has 9 nitrogen and oxygen atoms in total. The van der Waals surface area contributed by atoms with Gasteiger partial charge in [0.1, 0.15) is 4.90 Å². The van der Waals surface area contributed by atoms with Crippen molar-refractivity contribution in [3.63, 3.8) is 0 Å². The zero-order valence-corrected chi connectivity index (χ0v) is 11.9. The maximum atomic E-state index is 12.4. The molecule has 2 rings (SSSR count). The van der Waals surface area contributed by atoms with Crippen molar-refractivity contribution in [2.75, 3.05) is 13.1 Å². The Hall–Kier alpha value is -2.07. The molecule has 0 amide bonds. The molecule has 2 unspecified atom stereocenters. The van der Waals surface area contributed by atoms with E-state index in [1.54, 1.807) is 6.92 Å². The van der Waals surface area contributed by atoms with Crippen LogP contribution in [0.4, 0.5) is 5.82 Å². The van der Waals surface area contributed by atoms with Crippen molar-refractivity contribution in [1.82, 2.24) is 9.29 Å². The Kier molecular flexibility index (Phi) is 3.92. The van der Waals surface area contributed by atoms with Gasteiger partial charge in [0.15, 0.2) is 6.20 Å². The Bertz CT molecular complexity index is 672. The zero-order valence-electron chi connectivity index (χ0n) is 11.0. The number of rotatable bonds is 4. The van der Waals surface area contributed by atoms with Gasteiger partial charge in [0.25, 0.3) is 0 Å². The number of nitrogens with zero attached hydrogens (tertiary/aromatic N) is 3. The molecule has 114 valence electrons. The molecule has 10 heteroatoms. The number of nitro groups is 1. The average molecular weight is 315 g/mol. The molecule has 0 bridgehead atoms. The van der Waals surface area contributed by atoms with Crippen LogP contribution in [0.2, 0.25) is 0 Å². The van der Waals surface area contributed by atoms with Gasteiger partial charge in [-0.2, -0.15) is 4.31 Å². The molecule has 0 spiro atoms. The van der Waals surface area contributed by atoms with E-state index in [4.69, 9.17) is 5.11 Å². The van der Waals surface area contributed by atoms with Crippen molar-refractivity contribution in [3.8, 4) is 0 Å². The summed E-state index contributed by atoms with van der Waals surface area (Å²) in [5, 5.41) is 19.5. The quantitative estimate of drug-likeness (QED) is 0.625. The predicted molar refractivity (Wildman–Crippen MR) is 69.9 cm³/mol. The van der Waals surface area contributed by atoms with E-state index in [1.807, 2.05) is 0 Å². The van der Waals surface area contributed by atoms with Gasteiger partial charge in [-0.15, -0.1) is 0 Å². The van der Waals surface area contributed by atoms with Crippen molar-refractivity contribution in [2.45, 2.75) is 11.8 Å². The first-order chi connectivity index (χ1) is 9.73. The molecule has 1 N–H and O–H groups in total. The van der Waals surface area contributed by atoms with Crippen molar-refractivity contribution in [3.05, 3.63) is 28.4 Å². The van der Waals surface area contributed by atoms with Crippen molar-refractivity contribution >= 4 is 21.8 Å². The Morgan fingerprint density at radius 2 is 2.14 bits per heavy atom. The highest BCUT2D eigenvalue weighted by molar-refractivity contribution is 7.89. The van der Waals surface area contributed by atoms with Crippen LogP contribution in [0.3, 0.4) is 0 Å². The fraction of sp³-hybridized carbons (Fsp3) is 0.455. The van der Waals surface area contributed by atoms with Gasteiger partial charge in [-0.05, 0) is 21.9 Å². The van der Waals surface area contributed by atoms with E-state index in [0.29, 0.717) is 0 Å². The minimum atomic E-state index is -3.90. The highest BCUT2D eigenvalue weighted by Crippen LogP contribution is 2.28. The molecule has 1 saturated heterocycles. The molecule has 0 aromatic carbocycles. The molecule has 1 fully saturated rings. The van der Waals surface area contributed by atoms with Crippen LogP contribution in [0.25, 0.3) is 0 Å². The fourth-order valence-corrected chi connectivity index (χ4v) is 3.73. The second-order valence-corrected chi connectivity index (χ2v) is 6.79. The normalized spacial score (nSPS) is 23.1. The van der Waals surface area contributed by atoms with Crippen molar-refractivity contribution in [2.24, 2.45) is 11.8 Å². The zero-order chi connectivity index (χ0) is 15.8. The van der Waals surface area contributed by atoms with E-state index in [-0.39, 0.29) is 23.9 Å². The van der Waals surface area contributed by atoms with Gasteiger partial charge >= 0.3 is 11.8 Å². The van der Waals surface area contributed by atoms with Crippen molar-refractivity contribution in [1.29, 1.82) is 0 Å². The second-order valence-electron chi connectivity index (χ2n) is 4.85. The number of hydrogen-bond acceptors (Lipinski definition) is 6. The lowest BCUT2D eigenvalue weighted by atomic mass is 9.99. The summed E-state index contributed by atoms with van der Waals surface area (Å²) in [4.78, 5) is 24.1.